The summed E-state index contributed by atoms with van der Waals surface area (Å²) < 4.78 is 33.1. The Morgan fingerprint density at radius 3 is 2.57 bits per heavy atom. The van der Waals surface area contributed by atoms with E-state index in [1.165, 1.54) is 18.3 Å². The average Bonchev–Trinajstić information content (AvgIpc) is 3.27. The van der Waals surface area contributed by atoms with Gasteiger partial charge in [0.05, 0.1) is 22.5 Å². The van der Waals surface area contributed by atoms with Crippen LogP contribution in [0.3, 0.4) is 0 Å². The van der Waals surface area contributed by atoms with Crippen molar-refractivity contribution in [3.05, 3.63) is 63.7 Å². The van der Waals surface area contributed by atoms with E-state index in [1.807, 2.05) is 13.8 Å². The number of carbonyl (C=O) groups is 1. The van der Waals surface area contributed by atoms with Crippen LogP contribution in [0.25, 0.3) is 11.3 Å². The molecular weight excluding hydrogens is 437 g/mol. The third-order valence-corrected chi connectivity index (χ3v) is 4.50. The van der Waals surface area contributed by atoms with E-state index < -0.39 is 17.5 Å². The van der Waals surface area contributed by atoms with Crippen LogP contribution >= 0.6 is 23.2 Å². The van der Waals surface area contributed by atoms with Gasteiger partial charge in [0.2, 0.25) is 5.22 Å². The van der Waals surface area contributed by atoms with Gasteiger partial charge < -0.3 is 15.5 Å². The Bertz CT molecular complexity index is 1000. The number of halogens is 4. The van der Waals surface area contributed by atoms with Crippen LogP contribution in [0.4, 0.5) is 8.78 Å². The Morgan fingerprint density at radius 1 is 1.23 bits per heavy atom. The number of nitrogens with zero attached hydrogens (tertiary/aromatic N) is 2. The summed E-state index contributed by atoms with van der Waals surface area (Å²) in [5.41, 5.74) is 6.44. The lowest BCUT2D eigenvalue weighted by Crippen LogP contribution is -2.25. The Labute approximate surface area is 182 Å². The van der Waals surface area contributed by atoms with Crippen molar-refractivity contribution in [3.63, 3.8) is 0 Å². The minimum atomic E-state index is -0.925. The monoisotopic (exact) mass is 458 g/mol. The number of nitrogens with two attached hydrogens (primary N) is 1. The molecule has 0 saturated heterocycles. The van der Waals surface area contributed by atoms with E-state index in [0.29, 0.717) is 34.8 Å². The number of benzene rings is 1. The van der Waals surface area contributed by atoms with Gasteiger partial charge in [-0.05, 0) is 49.2 Å². The molecule has 1 amide bonds. The van der Waals surface area contributed by atoms with E-state index in [0.717, 1.165) is 18.7 Å². The highest BCUT2D eigenvalue weighted by molar-refractivity contribution is 6.35. The van der Waals surface area contributed by atoms with Gasteiger partial charge in [-0.1, -0.05) is 24.6 Å². The molecule has 0 radical (unpaired) electrons. The van der Waals surface area contributed by atoms with E-state index >= 15 is 0 Å². The molecule has 30 heavy (non-hydrogen) atoms. The Morgan fingerprint density at radius 2 is 1.93 bits per heavy atom. The normalized spacial score (nSPS) is 10.5. The van der Waals surface area contributed by atoms with Crippen LogP contribution < -0.4 is 11.1 Å². The van der Waals surface area contributed by atoms with Crippen LogP contribution in [0.2, 0.25) is 10.2 Å². The van der Waals surface area contributed by atoms with Gasteiger partial charge in [-0.15, -0.1) is 0 Å². The van der Waals surface area contributed by atoms with E-state index in [1.54, 1.807) is 4.68 Å². The van der Waals surface area contributed by atoms with Crippen molar-refractivity contribution in [2.24, 2.45) is 5.73 Å². The number of carbonyl (C=O) groups excluding carboxylic acids is 1. The predicted octanol–water partition coefficient (Wildman–Crippen LogP) is 4.69. The molecule has 1 aromatic carbocycles. The second kappa shape index (κ2) is 11.1. The molecule has 0 atom stereocenters. The molecule has 0 spiro atoms. The predicted molar refractivity (Wildman–Crippen MR) is 113 cm³/mol. The first-order valence-electron chi connectivity index (χ1n) is 9.25. The molecule has 3 rings (SSSR count). The highest BCUT2D eigenvalue weighted by Crippen LogP contribution is 2.35. The Balaban J connectivity index is 0.00000101. The number of nitrogens with one attached hydrogen (secondary N) is 1. The average molecular weight is 459 g/mol. The van der Waals surface area contributed by atoms with Crippen LogP contribution in [-0.2, 0) is 13.0 Å². The van der Waals surface area contributed by atoms with Gasteiger partial charge in [0.1, 0.15) is 0 Å². The Hall–Kier alpha value is -2.42. The van der Waals surface area contributed by atoms with Gasteiger partial charge >= 0.3 is 0 Å². The highest BCUT2D eigenvalue weighted by Gasteiger charge is 2.21. The molecule has 162 valence electrons. The van der Waals surface area contributed by atoms with Crippen molar-refractivity contribution in [3.8, 4) is 11.3 Å². The van der Waals surface area contributed by atoms with Crippen LogP contribution in [0.1, 0.15) is 30.0 Å². The number of amides is 1. The summed E-state index contributed by atoms with van der Waals surface area (Å²) in [5, 5.41) is 7.20. The topological polar surface area (TPSA) is 86.1 Å². The fourth-order valence-corrected chi connectivity index (χ4v) is 3.08. The van der Waals surface area contributed by atoms with E-state index in [2.05, 4.69) is 10.4 Å². The molecular formula is C20H22Cl2F2N4O2. The smallest absolute Gasteiger partial charge is 0.287 e. The molecule has 2 heterocycles. The van der Waals surface area contributed by atoms with Crippen molar-refractivity contribution in [1.29, 1.82) is 0 Å². The van der Waals surface area contributed by atoms with Crippen LogP contribution in [0, 0.1) is 11.6 Å². The van der Waals surface area contributed by atoms with Crippen molar-refractivity contribution in [2.45, 2.75) is 26.8 Å². The zero-order valence-electron chi connectivity index (χ0n) is 16.5. The number of hydrogen-bond acceptors (Lipinski definition) is 4. The third-order valence-electron chi connectivity index (χ3n) is 3.94. The molecule has 0 aliphatic carbocycles. The lowest BCUT2D eigenvalue weighted by molar-refractivity contribution is 0.0926. The van der Waals surface area contributed by atoms with Gasteiger partial charge in [0.25, 0.3) is 5.91 Å². The molecule has 3 N–H and O–H groups in total. The first-order chi connectivity index (χ1) is 14.3. The molecule has 0 aliphatic rings. The Kier molecular flexibility index (Phi) is 8.83. The summed E-state index contributed by atoms with van der Waals surface area (Å²) in [4.78, 5) is 12.3. The number of furan rings is 1. The summed E-state index contributed by atoms with van der Waals surface area (Å²) in [6.45, 7) is 5.33. The summed E-state index contributed by atoms with van der Waals surface area (Å²) in [5.74, 6) is -2.30. The third kappa shape index (κ3) is 5.81. The largest absolute Gasteiger partial charge is 0.439 e. The molecule has 6 nitrogen and oxygen atoms in total. The fourth-order valence-electron chi connectivity index (χ4n) is 2.61. The standard InChI is InChI=1S/C18H15Cl2F2N3O2.C2H7N/c1-2-25-16(12(19)9-24-25)11-8-15(27-17(11)20)18(26)23-6-5-10-3-4-13(21)14(22)7-10;1-2-3/h3-4,7-9H,2,5-6H2,1H3,(H,23,26);2-3H2,1H3. The van der Waals surface area contributed by atoms with Gasteiger partial charge in [-0.2, -0.15) is 5.10 Å². The second-order valence-corrected chi connectivity index (χ2v) is 6.87. The number of aromatic nitrogens is 2. The summed E-state index contributed by atoms with van der Waals surface area (Å²) in [7, 11) is 0. The lowest BCUT2D eigenvalue weighted by Gasteiger charge is -2.04. The van der Waals surface area contributed by atoms with Crippen LogP contribution in [0.5, 0.6) is 0 Å². The maximum absolute atomic E-state index is 13.2. The van der Waals surface area contributed by atoms with Gasteiger partial charge in [0.15, 0.2) is 17.4 Å². The molecule has 0 bridgehead atoms. The van der Waals surface area contributed by atoms with Crippen LogP contribution in [-0.4, -0.2) is 28.8 Å². The van der Waals surface area contributed by atoms with E-state index in [9.17, 15) is 13.6 Å². The quantitative estimate of drug-likeness (QED) is 0.560. The van der Waals surface area contributed by atoms with E-state index in [-0.39, 0.29) is 17.5 Å². The van der Waals surface area contributed by atoms with Crippen LogP contribution in [0.15, 0.2) is 34.9 Å². The zero-order valence-corrected chi connectivity index (χ0v) is 18.0. The first-order valence-corrected chi connectivity index (χ1v) is 10.0. The highest BCUT2D eigenvalue weighted by atomic mass is 35.5. The molecule has 0 unspecified atom stereocenters. The fraction of sp³-hybridized carbons (Fsp3) is 0.300. The minimum Gasteiger partial charge on any atom is -0.439 e. The van der Waals surface area contributed by atoms with Crippen molar-refractivity contribution < 1.29 is 18.0 Å². The minimum absolute atomic E-state index is 0.0141. The lowest BCUT2D eigenvalue weighted by atomic mass is 10.1. The van der Waals surface area contributed by atoms with Crippen molar-refractivity contribution in [2.75, 3.05) is 13.1 Å². The summed E-state index contributed by atoms with van der Waals surface area (Å²) in [6.07, 6.45) is 1.82. The maximum atomic E-state index is 13.2. The van der Waals surface area contributed by atoms with Crippen molar-refractivity contribution in [1.82, 2.24) is 15.1 Å². The summed E-state index contributed by atoms with van der Waals surface area (Å²) in [6, 6.07) is 5.09. The number of aryl methyl sites for hydroxylation is 1. The molecule has 2 aromatic heterocycles. The summed E-state index contributed by atoms with van der Waals surface area (Å²) >= 11 is 12.3. The molecule has 10 heteroatoms. The molecule has 3 aromatic rings. The van der Waals surface area contributed by atoms with Gasteiger partial charge in [0, 0.05) is 19.2 Å². The van der Waals surface area contributed by atoms with Crippen molar-refractivity contribution >= 4 is 29.1 Å². The molecule has 0 saturated carbocycles. The molecule has 0 aliphatic heterocycles. The number of hydrogen-bond donors (Lipinski definition) is 2. The zero-order chi connectivity index (χ0) is 22.3. The maximum Gasteiger partial charge on any atom is 0.287 e. The second-order valence-electron chi connectivity index (χ2n) is 6.12. The number of rotatable bonds is 6. The van der Waals surface area contributed by atoms with Gasteiger partial charge in [-0.3, -0.25) is 9.48 Å². The SMILES string of the molecule is CCN.CCn1ncc(Cl)c1-c1cc(C(=O)NCCc2ccc(F)c(F)c2)oc1Cl. The first kappa shape index (κ1) is 23.9. The van der Waals surface area contributed by atoms with E-state index in [4.69, 9.17) is 33.4 Å². The molecule has 0 fully saturated rings. The van der Waals surface area contributed by atoms with Gasteiger partial charge in [-0.25, -0.2) is 8.78 Å².